The lowest BCUT2D eigenvalue weighted by Crippen LogP contribution is -2.13. The molecule has 1 aliphatic heterocycles. The van der Waals surface area contributed by atoms with Gasteiger partial charge in [-0.15, -0.1) is 11.3 Å². The topological polar surface area (TPSA) is 16.1 Å². The van der Waals surface area contributed by atoms with Gasteiger partial charge in [-0.2, -0.15) is 11.3 Å². The third-order valence-corrected chi connectivity index (χ3v) is 4.77. The Morgan fingerprint density at radius 3 is 3.06 bits per heavy atom. The molecule has 1 saturated heterocycles. The van der Waals surface area contributed by atoms with Gasteiger partial charge in [-0.25, -0.2) is 4.98 Å². The number of hydrogen-bond acceptors (Lipinski definition) is 4. The molecule has 0 aliphatic carbocycles. The standard InChI is InChI=1S/C12H14N2S2/c1-14-4-2-9(6-14)12-13-11(8-16-12)10-3-5-15-7-10/h3,5,7-9H,2,4,6H2,1H3. The van der Waals surface area contributed by atoms with Gasteiger partial charge in [0.15, 0.2) is 0 Å². The summed E-state index contributed by atoms with van der Waals surface area (Å²) in [6, 6.07) is 2.14. The van der Waals surface area contributed by atoms with Crippen LogP contribution >= 0.6 is 22.7 Å². The zero-order valence-electron chi connectivity index (χ0n) is 9.22. The van der Waals surface area contributed by atoms with Gasteiger partial charge in [0.25, 0.3) is 0 Å². The van der Waals surface area contributed by atoms with Crippen molar-refractivity contribution >= 4 is 22.7 Å². The molecule has 0 spiro atoms. The van der Waals surface area contributed by atoms with Gasteiger partial charge < -0.3 is 4.90 Å². The lowest BCUT2D eigenvalue weighted by Gasteiger charge is -2.06. The van der Waals surface area contributed by atoms with Crippen molar-refractivity contribution in [1.82, 2.24) is 9.88 Å². The van der Waals surface area contributed by atoms with Crippen LogP contribution in [0.5, 0.6) is 0 Å². The lowest BCUT2D eigenvalue weighted by molar-refractivity contribution is 0.411. The first kappa shape index (κ1) is 10.4. The van der Waals surface area contributed by atoms with E-state index in [0.29, 0.717) is 5.92 Å². The predicted molar refractivity (Wildman–Crippen MR) is 70.3 cm³/mol. The number of likely N-dealkylation sites (N-methyl/N-ethyl adjacent to an activating group) is 1. The maximum absolute atomic E-state index is 4.77. The number of hydrogen-bond donors (Lipinski definition) is 0. The molecule has 0 radical (unpaired) electrons. The first-order valence-electron chi connectivity index (χ1n) is 5.49. The molecule has 1 fully saturated rings. The maximum Gasteiger partial charge on any atom is 0.0976 e. The van der Waals surface area contributed by atoms with Crippen LogP contribution in [0.3, 0.4) is 0 Å². The Labute approximate surface area is 104 Å². The molecular weight excluding hydrogens is 236 g/mol. The second-order valence-electron chi connectivity index (χ2n) is 4.33. The van der Waals surface area contributed by atoms with Gasteiger partial charge in [0, 0.05) is 28.8 Å². The highest BCUT2D eigenvalue weighted by Gasteiger charge is 2.23. The SMILES string of the molecule is CN1CCC(c2nc(-c3ccsc3)cs2)C1. The summed E-state index contributed by atoms with van der Waals surface area (Å²) >= 11 is 3.55. The number of thiophene rings is 1. The molecule has 1 unspecified atom stereocenters. The number of aromatic nitrogens is 1. The van der Waals surface area contributed by atoms with Gasteiger partial charge in [0.1, 0.15) is 0 Å². The Bertz CT molecular complexity index is 461. The zero-order chi connectivity index (χ0) is 11.0. The van der Waals surface area contributed by atoms with Crippen LogP contribution in [0.2, 0.25) is 0 Å². The Morgan fingerprint density at radius 2 is 2.38 bits per heavy atom. The fourth-order valence-electron chi connectivity index (χ4n) is 2.15. The third kappa shape index (κ3) is 1.93. The Hall–Kier alpha value is -0.710. The number of nitrogens with zero attached hydrogens (tertiary/aromatic N) is 2. The average Bonchev–Trinajstić information content (AvgIpc) is 2.97. The Morgan fingerprint density at radius 1 is 1.44 bits per heavy atom. The third-order valence-electron chi connectivity index (χ3n) is 3.08. The molecule has 2 aromatic rings. The minimum atomic E-state index is 0.655. The molecule has 2 aromatic heterocycles. The minimum absolute atomic E-state index is 0.655. The van der Waals surface area contributed by atoms with Gasteiger partial charge in [0.05, 0.1) is 10.7 Å². The van der Waals surface area contributed by atoms with E-state index < -0.39 is 0 Å². The van der Waals surface area contributed by atoms with E-state index in [1.807, 2.05) is 11.3 Å². The van der Waals surface area contributed by atoms with Gasteiger partial charge >= 0.3 is 0 Å². The molecule has 0 amide bonds. The normalized spacial score (nSPS) is 21.7. The highest BCUT2D eigenvalue weighted by Crippen LogP contribution is 2.32. The summed E-state index contributed by atoms with van der Waals surface area (Å²) < 4.78 is 0. The summed E-state index contributed by atoms with van der Waals surface area (Å²) in [5.74, 6) is 0.655. The molecule has 84 valence electrons. The molecule has 0 saturated carbocycles. The molecule has 2 nitrogen and oxygen atoms in total. The van der Waals surface area contributed by atoms with E-state index in [1.165, 1.54) is 23.5 Å². The molecule has 16 heavy (non-hydrogen) atoms. The van der Waals surface area contributed by atoms with Crippen molar-refractivity contribution < 1.29 is 0 Å². The molecular formula is C12H14N2S2. The molecule has 1 atom stereocenters. The van der Waals surface area contributed by atoms with Crippen LogP contribution in [-0.2, 0) is 0 Å². The molecule has 0 N–H and O–H groups in total. The van der Waals surface area contributed by atoms with Gasteiger partial charge in [-0.1, -0.05) is 0 Å². The molecule has 3 heterocycles. The number of rotatable bonds is 2. The molecule has 0 bridgehead atoms. The van der Waals surface area contributed by atoms with E-state index in [-0.39, 0.29) is 0 Å². The molecule has 3 rings (SSSR count). The summed E-state index contributed by atoms with van der Waals surface area (Å²) in [6.45, 7) is 2.37. The monoisotopic (exact) mass is 250 g/mol. The minimum Gasteiger partial charge on any atom is -0.306 e. The average molecular weight is 250 g/mol. The van der Waals surface area contributed by atoms with E-state index >= 15 is 0 Å². The fraction of sp³-hybridized carbons (Fsp3) is 0.417. The van der Waals surface area contributed by atoms with Crippen LogP contribution in [0.25, 0.3) is 11.3 Å². The summed E-state index contributed by atoms with van der Waals surface area (Å²) in [5.41, 5.74) is 2.41. The van der Waals surface area contributed by atoms with Crippen molar-refractivity contribution in [2.24, 2.45) is 0 Å². The molecule has 4 heteroatoms. The van der Waals surface area contributed by atoms with Crippen molar-refractivity contribution in [3.8, 4) is 11.3 Å². The Balaban J connectivity index is 1.83. The van der Waals surface area contributed by atoms with Gasteiger partial charge in [-0.05, 0) is 31.5 Å². The first-order valence-corrected chi connectivity index (χ1v) is 7.32. The largest absolute Gasteiger partial charge is 0.306 e. The van der Waals surface area contributed by atoms with Crippen LogP contribution in [0.1, 0.15) is 17.3 Å². The highest BCUT2D eigenvalue weighted by atomic mass is 32.1. The molecule has 1 aliphatic rings. The first-order chi connectivity index (χ1) is 7.83. The fourth-order valence-corrected chi connectivity index (χ4v) is 3.76. The predicted octanol–water partition coefficient (Wildman–Crippen LogP) is 3.29. The summed E-state index contributed by atoms with van der Waals surface area (Å²) in [6.07, 6.45) is 1.26. The number of thiazole rings is 1. The van der Waals surface area contributed by atoms with Crippen molar-refractivity contribution in [3.05, 3.63) is 27.2 Å². The van der Waals surface area contributed by atoms with Crippen molar-refractivity contribution in [3.63, 3.8) is 0 Å². The van der Waals surface area contributed by atoms with Crippen molar-refractivity contribution in [2.75, 3.05) is 20.1 Å². The van der Waals surface area contributed by atoms with E-state index in [9.17, 15) is 0 Å². The van der Waals surface area contributed by atoms with E-state index in [1.54, 1.807) is 11.3 Å². The van der Waals surface area contributed by atoms with E-state index in [4.69, 9.17) is 4.98 Å². The smallest absolute Gasteiger partial charge is 0.0976 e. The second-order valence-corrected chi connectivity index (χ2v) is 6.00. The lowest BCUT2D eigenvalue weighted by atomic mass is 10.1. The van der Waals surface area contributed by atoms with E-state index in [0.717, 1.165) is 12.2 Å². The van der Waals surface area contributed by atoms with Gasteiger partial charge in [-0.3, -0.25) is 0 Å². The second kappa shape index (κ2) is 4.28. The zero-order valence-corrected chi connectivity index (χ0v) is 10.9. The van der Waals surface area contributed by atoms with Crippen LogP contribution < -0.4 is 0 Å². The molecule has 0 aromatic carbocycles. The van der Waals surface area contributed by atoms with Crippen molar-refractivity contribution in [1.29, 1.82) is 0 Å². The summed E-state index contributed by atoms with van der Waals surface area (Å²) in [4.78, 5) is 7.15. The van der Waals surface area contributed by atoms with Crippen LogP contribution in [0, 0.1) is 0 Å². The summed E-state index contributed by atoms with van der Waals surface area (Å²) in [7, 11) is 2.19. The van der Waals surface area contributed by atoms with Crippen molar-refractivity contribution in [2.45, 2.75) is 12.3 Å². The van der Waals surface area contributed by atoms with Gasteiger partial charge in [0.2, 0.25) is 0 Å². The van der Waals surface area contributed by atoms with Crippen LogP contribution in [0.4, 0.5) is 0 Å². The van der Waals surface area contributed by atoms with Crippen LogP contribution in [-0.4, -0.2) is 30.0 Å². The summed E-state index contributed by atoms with van der Waals surface area (Å²) in [5, 5.41) is 7.78. The maximum atomic E-state index is 4.77. The highest BCUT2D eigenvalue weighted by molar-refractivity contribution is 7.10. The van der Waals surface area contributed by atoms with Crippen LogP contribution in [0.15, 0.2) is 22.2 Å². The quantitative estimate of drug-likeness (QED) is 0.813. The van der Waals surface area contributed by atoms with E-state index in [2.05, 4.69) is 34.2 Å². The number of likely N-dealkylation sites (tertiary alicyclic amines) is 1. The Kier molecular flexibility index (Phi) is 2.79.